The number of rotatable bonds is 32. The lowest BCUT2D eigenvalue weighted by atomic mass is 9.93. The average molecular weight is 1800 g/mol. The van der Waals surface area contributed by atoms with Crippen molar-refractivity contribution in [1.82, 2.24) is 21.3 Å². The zero-order valence-electron chi connectivity index (χ0n) is 65.9. The van der Waals surface area contributed by atoms with Crippen LogP contribution in [0.25, 0.3) is 0 Å². The molecule has 712 valence electrons. The maximum atomic E-state index is 13.2. The van der Waals surface area contributed by atoms with Gasteiger partial charge in [0.1, 0.15) is 244 Å². The molecule has 0 radical (unpaired) electrons. The number of hydrogen-bond acceptors (Lipinski definition) is 51. The average Bonchev–Trinajstić information content (AvgIpc) is 0.742. The maximum Gasteiger partial charge on any atom is 0.217 e. The third-order valence-electron chi connectivity index (χ3n) is 22.5. The standard InChI is InChI=1S/C68H114N4O51/c1-15(82)69-29-40(93)51(116-65-48(101)56(37(90)23(9-77)109-65)122-63-45(98)43(96)33(86)19(5-73)107-63)25(11-79)112-60(29)105-14-28-39(92)58(121-62-31(71-17(3)84)41(94)52(26(12-80)114-62)117-66-49(102)57(38(91)24(10-78)110-66)123-64-46(99)44(97)34(87)20(6-74)108-64)50(103)68(115-28)118-53-27(13-81)113-61(30(42(53)95)70-16(2)83)120-55-36(89)22(8-76)111-67(47(55)100)119-54-32(72-18(4)85)59(104)106-21(7-75)35(54)88/h19-68,73-81,86-104H,5-14H2,1-4H3,(H,69,82)(H,70,83)(H,71,84)(H,72,85)/t19-,20-,21-,22-,23-,24-,25-,26-,27-,28-,29-,30-,31-,32-,33+,34+,35+,36+,37+,38+,39+,40-,41-,42-,43+,44+,45-,46-,47-,48-,49-,50-,51-,52-,53-,54-,55+,56+,57+,58+,59?,60-,61+,62+,63?,64?,65?,66?,67?,68?/m1/s1. The molecular weight excluding hydrogens is 1690 g/mol. The van der Waals surface area contributed by atoms with Gasteiger partial charge in [0.25, 0.3) is 0 Å². The van der Waals surface area contributed by atoms with Crippen LogP contribution in [0.5, 0.6) is 0 Å². The van der Waals surface area contributed by atoms with Crippen LogP contribution >= 0.6 is 0 Å². The fraction of sp³-hybridized carbons (Fsp3) is 0.941. The predicted octanol–water partition coefficient (Wildman–Crippen LogP) is -22.2. The molecule has 10 fully saturated rings. The maximum absolute atomic E-state index is 13.2. The molecule has 10 saturated heterocycles. The van der Waals surface area contributed by atoms with E-state index in [4.69, 9.17) is 90.0 Å². The van der Waals surface area contributed by atoms with Crippen molar-refractivity contribution in [3.63, 3.8) is 0 Å². The van der Waals surface area contributed by atoms with Gasteiger partial charge in [-0.15, -0.1) is 0 Å². The van der Waals surface area contributed by atoms with E-state index < -0.39 is 397 Å². The van der Waals surface area contributed by atoms with Gasteiger partial charge in [-0.25, -0.2) is 0 Å². The molecule has 0 aromatic rings. The first-order chi connectivity index (χ1) is 58.2. The van der Waals surface area contributed by atoms with Crippen molar-refractivity contribution in [3.05, 3.63) is 0 Å². The fourth-order valence-electron chi connectivity index (χ4n) is 16.0. The van der Waals surface area contributed by atoms with E-state index in [9.17, 15) is 162 Å². The molecule has 32 N–H and O–H groups in total. The largest absolute Gasteiger partial charge is 0.394 e. The van der Waals surface area contributed by atoms with E-state index in [1.165, 1.54) is 0 Å². The summed E-state index contributed by atoms with van der Waals surface area (Å²) in [5.41, 5.74) is 0. The molecule has 0 saturated carbocycles. The highest BCUT2D eigenvalue weighted by molar-refractivity contribution is 5.74. The number of ether oxygens (including phenoxy) is 19. The molecule has 55 nitrogen and oxygen atoms in total. The fourth-order valence-corrected chi connectivity index (χ4v) is 16.0. The topological polar surface area (TPSA) is 858 Å². The van der Waals surface area contributed by atoms with Crippen molar-refractivity contribution >= 4 is 23.6 Å². The second-order valence-electron chi connectivity index (χ2n) is 31.0. The van der Waals surface area contributed by atoms with E-state index in [1.54, 1.807) is 0 Å². The number of nitrogens with one attached hydrogen (secondary N) is 4. The van der Waals surface area contributed by atoms with E-state index in [0.717, 1.165) is 27.7 Å². The first kappa shape index (κ1) is 101. The zero-order chi connectivity index (χ0) is 90.5. The first-order valence-corrected chi connectivity index (χ1v) is 39.1. The summed E-state index contributed by atoms with van der Waals surface area (Å²) in [5.74, 6) is -3.81. The molecule has 0 aromatic heterocycles. The summed E-state index contributed by atoms with van der Waals surface area (Å²) in [6, 6.07) is -7.72. The monoisotopic (exact) mass is 1800 g/mol. The van der Waals surface area contributed by atoms with Crippen LogP contribution in [0.4, 0.5) is 0 Å². The molecule has 10 aliphatic rings. The molecule has 0 bridgehead atoms. The molecule has 10 heterocycles. The van der Waals surface area contributed by atoms with Gasteiger partial charge in [-0.1, -0.05) is 0 Å². The summed E-state index contributed by atoms with van der Waals surface area (Å²) >= 11 is 0. The summed E-state index contributed by atoms with van der Waals surface area (Å²) in [4.78, 5) is 51.8. The molecular formula is C68H114N4O51. The van der Waals surface area contributed by atoms with Crippen LogP contribution in [-0.4, -0.2) is 539 Å². The summed E-state index contributed by atoms with van der Waals surface area (Å²) in [6.07, 6.45) is -95.7. The third-order valence-corrected chi connectivity index (χ3v) is 22.5. The predicted molar refractivity (Wildman–Crippen MR) is 376 cm³/mol. The lowest BCUT2D eigenvalue weighted by Crippen LogP contribution is -2.71. The van der Waals surface area contributed by atoms with Gasteiger partial charge in [0.15, 0.2) is 62.9 Å². The first-order valence-electron chi connectivity index (χ1n) is 39.1. The highest BCUT2D eigenvalue weighted by Gasteiger charge is 2.62. The van der Waals surface area contributed by atoms with Gasteiger partial charge < -0.3 is 254 Å². The minimum Gasteiger partial charge on any atom is -0.394 e. The summed E-state index contributed by atoms with van der Waals surface area (Å²) in [7, 11) is 0. The van der Waals surface area contributed by atoms with Crippen LogP contribution in [0.2, 0.25) is 0 Å². The van der Waals surface area contributed by atoms with E-state index in [-0.39, 0.29) is 0 Å². The normalized spacial score (nSPS) is 49.4. The number of hydrogen-bond donors (Lipinski definition) is 32. The Kier molecular flexibility index (Phi) is 36.4. The molecule has 123 heavy (non-hydrogen) atoms. The van der Waals surface area contributed by atoms with Crippen LogP contribution in [-0.2, 0) is 109 Å². The van der Waals surface area contributed by atoms with Crippen molar-refractivity contribution in [1.29, 1.82) is 0 Å². The van der Waals surface area contributed by atoms with Gasteiger partial charge in [-0.2, -0.15) is 0 Å². The minimum atomic E-state index is -2.57. The Morgan fingerprint density at radius 1 is 0.211 bits per heavy atom. The van der Waals surface area contributed by atoms with Gasteiger partial charge in [-0.05, 0) is 0 Å². The summed E-state index contributed by atoms with van der Waals surface area (Å²) in [5, 5.41) is 320. The second kappa shape index (κ2) is 44.3. The second-order valence-corrected chi connectivity index (χ2v) is 31.0. The lowest BCUT2D eigenvalue weighted by Gasteiger charge is -2.51. The highest BCUT2D eigenvalue weighted by atomic mass is 16.8. The summed E-state index contributed by atoms with van der Waals surface area (Å²) in [6.45, 7) is -7.26. The van der Waals surface area contributed by atoms with E-state index in [2.05, 4.69) is 21.3 Å². The van der Waals surface area contributed by atoms with Gasteiger partial charge in [0, 0.05) is 27.7 Å². The molecule has 55 heteroatoms. The quantitative estimate of drug-likeness (QED) is 0.0297. The third kappa shape index (κ3) is 22.3. The Morgan fingerprint density at radius 2 is 0.423 bits per heavy atom. The Balaban J connectivity index is 0.943. The number of carbonyl (C=O) groups is 4. The van der Waals surface area contributed by atoms with Crippen molar-refractivity contribution in [2.75, 3.05) is 66.1 Å². The summed E-state index contributed by atoms with van der Waals surface area (Å²) < 4.78 is 111. The van der Waals surface area contributed by atoms with Crippen molar-refractivity contribution in [3.8, 4) is 0 Å². The van der Waals surface area contributed by atoms with Crippen molar-refractivity contribution < 1.29 is 252 Å². The number of aliphatic hydroxyl groups excluding tert-OH is 28. The van der Waals surface area contributed by atoms with Crippen LogP contribution in [0.1, 0.15) is 27.7 Å². The molecule has 10 rings (SSSR count). The number of amides is 4. The number of aliphatic hydroxyl groups is 28. The van der Waals surface area contributed by atoms with Crippen molar-refractivity contribution in [2.24, 2.45) is 0 Å². The molecule has 0 aromatic carbocycles. The smallest absolute Gasteiger partial charge is 0.217 e. The van der Waals surface area contributed by atoms with Gasteiger partial charge >= 0.3 is 0 Å². The lowest BCUT2D eigenvalue weighted by molar-refractivity contribution is -0.391. The molecule has 0 spiro atoms. The minimum absolute atomic E-state index is 0.813. The molecule has 10 aliphatic heterocycles. The SMILES string of the molecule is CC(=O)N[C@H]1[C@H](OC[C@H]2OC(O[C@H]3[C@H](O)[C@@H](NC(C)=O)[C@H](O[C@H]4[C@@H](O)[C@@H](CO)OC(O[C@H]5[C@@H](O)[C@@H](CO)OC(O)[C@@H]5NC(C)=O)[C@@H]4O)O[C@@H]3CO)[C@H](O)[C@@H](O[C@@H]3O[C@H](CO)[C@@H](OC4O[C@H](CO)[C@H](O)[C@H](OC5O[C@H](CO)[C@H](O)[C@H](O)[C@H]5O)[C@H]4O)[C@H](O)[C@H]3NC(C)=O)[C@H]2O)O[C@H](CO)[C@@H](OC2O[C@H](CO)[C@H](O)[C@H](OC3O[C@H](CO)[C@H](O)[C@H](O)[C@H]3O)[C@H]2O)[C@@H]1O. The van der Waals surface area contributed by atoms with E-state index in [0.29, 0.717) is 0 Å². The highest BCUT2D eigenvalue weighted by Crippen LogP contribution is 2.41. The van der Waals surface area contributed by atoms with Gasteiger partial charge in [-0.3, -0.25) is 19.2 Å². The zero-order valence-corrected chi connectivity index (χ0v) is 65.9. The molecule has 0 aliphatic carbocycles. The Labute approximate surface area is 695 Å². The van der Waals surface area contributed by atoms with E-state index in [1.807, 2.05) is 0 Å². The Morgan fingerprint density at radius 3 is 0.724 bits per heavy atom. The Bertz CT molecular complexity index is 3310. The van der Waals surface area contributed by atoms with Crippen molar-refractivity contribution in [2.45, 2.75) is 335 Å². The van der Waals surface area contributed by atoms with Gasteiger partial charge in [0.2, 0.25) is 23.6 Å². The van der Waals surface area contributed by atoms with Crippen LogP contribution in [0, 0.1) is 0 Å². The molecule has 4 amide bonds. The van der Waals surface area contributed by atoms with E-state index >= 15 is 0 Å². The Hall–Kier alpha value is -4.00. The van der Waals surface area contributed by atoms with Crippen LogP contribution < -0.4 is 21.3 Å². The van der Waals surface area contributed by atoms with Crippen LogP contribution in [0.3, 0.4) is 0 Å². The molecule has 7 unspecified atom stereocenters. The van der Waals surface area contributed by atoms with Crippen LogP contribution in [0.15, 0.2) is 0 Å². The number of carbonyl (C=O) groups excluding carboxylic acids is 4. The van der Waals surface area contributed by atoms with Gasteiger partial charge in [0.05, 0.1) is 66.1 Å². The molecule has 50 atom stereocenters.